The fourth-order valence-electron chi connectivity index (χ4n) is 2.46. The SMILES string of the molecule is COCCNC(=O)CN(C)Cc1ccc2cc(OC)ccc2c1. The van der Waals surface area contributed by atoms with Crippen LogP contribution in [-0.4, -0.2) is 51.8 Å². The molecule has 2 aromatic rings. The number of nitrogens with zero attached hydrogens (tertiary/aromatic N) is 1. The fraction of sp³-hybridized carbons (Fsp3) is 0.389. The van der Waals surface area contributed by atoms with Crippen molar-refractivity contribution in [2.24, 2.45) is 0 Å². The van der Waals surface area contributed by atoms with Gasteiger partial charge in [0.1, 0.15) is 5.75 Å². The van der Waals surface area contributed by atoms with Crippen LogP contribution >= 0.6 is 0 Å². The number of carbonyl (C=O) groups excluding carboxylic acids is 1. The van der Waals surface area contributed by atoms with Crippen LogP contribution < -0.4 is 10.1 Å². The predicted molar refractivity (Wildman–Crippen MR) is 91.7 cm³/mol. The van der Waals surface area contributed by atoms with E-state index in [1.54, 1.807) is 14.2 Å². The number of benzene rings is 2. The van der Waals surface area contributed by atoms with E-state index in [1.165, 1.54) is 10.9 Å². The molecule has 1 amide bonds. The summed E-state index contributed by atoms with van der Waals surface area (Å²) < 4.78 is 10.2. The van der Waals surface area contributed by atoms with E-state index in [4.69, 9.17) is 9.47 Å². The second-order valence-electron chi connectivity index (χ2n) is 5.56. The van der Waals surface area contributed by atoms with Gasteiger partial charge < -0.3 is 14.8 Å². The highest BCUT2D eigenvalue weighted by atomic mass is 16.5. The minimum atomic E-state index is 0.00933. The van der Waals surface area contributed by atoms with Gasteiger partial charge in [0.2, 0.25) is 5.91 Å². The number of rotatable bonds is 8. The number of hydrogen-bond acceptors (Lipinski definition) is 4. The number of ether oxygens (including phenoxy) is 2. The van der Waals surface area contributed by atoms with Gasteiger partial charge in [-0.05, 0) is 41.6 Å². The summed E-state index contributed by atoms with van der Waals surface area (Å²) in [6.45, 7) is 2.16. The van der Waals surface area contributed by atoms with E-state index >= 15 is 0 Å². The maximum atomic E-state index is 11.8. The summed E-state index contributed by atoms with van der Waals surface area (Å²) in [6, 6.07) is 12.3. The van der Waals surface area contributed by atoms with E-state index in [1.807, 2.05) is 24.1 Å². The molecule has 0 aliphatic carbocycles. The van der Waals surface area contributed by atoms with Crippen molar-refractivity contribution in [1.82, 2.24) is 10.2 Å². The van der Waals surface area contributed by atoms with Crippen LogP contribution in [0.1, 0.15) is 5.56 Å². The molecule has 0 radical (unpaired) electrons. The average Bonchev–Trinajstić information content (AvgIpc) is 2.54. The van der Waals surface area contributed by atoms with Gasteiger partial charge in [0.15, 0.2) is 0 Å². The fourth-order valence-corrected chi connectivity index (χ4v) is 2.46. The van der Waals surface area contributed by atoms with E-state index in [-0.39, 0.29) is 5.91 Å². The number of fused-ring (bicyclic) bond motifs is 1. The first kappa shape index (κ1) is 17.2. The Bertz CT molecular complexity index is 658. The van der Waals surface area contributed by atoms with Gasteiger partial charge in [0.05, 0.1) is 20.3 Å². The third-order valence-electron chi connectivity index (χ3n) is 3.61. The summed E-state index contributed by atoms with van der Waals surface area (Å²) in [4.78, 5) is 13.8. The molecule has 23 heavy (non-hydrogen) atoms. The minimum Gasteiger partial charge on any atom is -0.497 e. The first-order valence-corrected chi connectivity index (χ1v) is 7.63. The molecular formula is C18H24N2O3. The van der Waals surface area contributed by atoms with E-state index in [9.17, 15) is 4.79 Å². The number of carbonyl (C=O) groups is 1. The number of methoxy groups -OCH3 is 2. The van der Waals surface area contributed by atoms with Gasteiger partial charge in [0.25, 0.3) is 0 Å². The smallest absolute Gasteiger partial charge is 0.234 e. The number of likely N-dealkylation sites (N-methyl/N-ethyl adjacent to an activating group) is 1. The Balaban J connectivity index is 1.94. The summed E-state index contributed by atoms with van der Waals surface area (Å²) in [7, 11) is 5.23. The topological polar surface area (TPSA) is 50.8 Å². The van der Waals surface area contributed by atoms with Gasteiger partial charge in [-0.3, -0.25) is 9.69 Å². The molecule has 0 aromatic heterocycles. The molecule has 0 bridgehead atoms. The van der Waals surface area contributed by atoms with Gasteiger partial charge in [-0.25, -0.2) is 0 Å². The Morgan fingerprint density at radius 3 is 2.61 bits per heavy atom. The molecule has 124 valence electrons. The summed E-state index contributed by atoms with van der Waals surface area (Å²) >= 11 is 0. The Hall–Kier alpha value is -2.11. The van der Waals surface area contributed by atoms with Crippen molar-refractivity contribution < 1.29 is 14.3 Å². The summed E-state index contributed by atoms with van der Waals surface area (Å²) in [6.07, 6.45) is 0. The average molecular weight is 316 g/mol. The summed E-state index contributed by atoms with van der Waals surface area (Å²) in [5.41, 5.74) is 1.18. The van der Waals surface area contributed by atoms with Gasteiger partial charge >= 0.3 is 0 Å². The maximum Gasteiger partial charge on any atom is 0.234 e. The molecule has 2 rings (SSSR count). The van der Waals surface area contributed by atoms with Gasteiger partial charge in [-0.1, -0.05) is 18.2 Å². The van der Waals surface area contributed by atoms with Crippen LogP contribution in [0.25, 0.3) is 10.8 Å². The maximum absolute atomic E-state index is 11.8. The Kier molecular flexibility index (Phi) is 6.38. The molecule has 1 N–H and O–H groups in total. The second kappa shape index (κ2) is 8.50. The highest BCUT2D eigenvalue weighted by Crippen LogP contribution is 2.22. The normalized spacial score (nSPS) is 11.0. The van der Waals surface area contributed by atoms with Crippen molar-refractivity contribution in [2.45, 2.75) is 6.54 Å². The number of hydrogen-bond donors (Lipinski definition) is 1. The van der Waals surface area contributed by atoms with Crippen molar-refractivity contribution >= 4 is 16.7 Å². The molecule has 0 atom stereocenters. The highest BCUT2D eigenvalue weighted by molar-refractivity contribution is 5.84. The highest BCUT2D eigenvalue weighted by Gasteiger charge is 2.07. The predicted octanol–water partition coefficient (Wildman–Crippen LogP) is 2.04. The monoisotopic (exact) mass is 316 g/mol. The van der Waals surface area contributed by atoms with Crippen LogP contribution in [0.5, 0.6) is 5.75 Å². The Morgan fingerprint density at radius 2 is 1.87 bits per heavy atom. The minimum absolute atomic E-state index is 0.00933. The lowest BCUT2D eigenvalue weighted by atomic mass is 10.1. The van der Waals surface area contributed by atoms with Gasteiger partial charge in [0, 0.05) is 20.2 Å². The largest absolute Gasteiger partial charge is 0.497 e. The molecule has 5 nitrogen and oxygen atoms in total. The molecule has 0 unspecified atom stereocenters. The number of amides is 1. The van der Waals surface area contributed by atoms with Crippen LogP contribution in [-0.2, 0) is 16.1 Å². The van der Waals surface area contributed by atoms with Gasteiger partial charge in [-0.15, -0.1) is 0 Å². The molecule has 0 spiro atoms. The Morgan fingerprint density at radius 1 is 1.13 bits per heavy atom. The molecule has 0 saturated carbocycles. The molecule has 0 saturated heterocycles. The van der Waals surface area contributed by atoms with Crippen molar-refractivity contribution in [1.29, 1.82) is 0 Å². The van der Waals surface area contributed by atoms with Crippen LogP contribution in [0.15, 0.2) is 36.4 Å². The van der Waals surface area contributed by atoms with E-state index < -0.39 is 0 Å². The first-order chi connectivity index (χ1) is 11.1. The summed E-state index contributed by atoms with van der Waals surface area (Å²) in [5.74, 6) is 0.866. The third-order valence-corrected chi connectivity index (χ3v) is 3.61. The van der Waals surface area contributed by atoms with E-state index in [0.29, 0.717) is 19.7 Å². The molecule has 0 fully saturated rings. The lowest BCUT2D eigenvalue weighted by Crippen LogP contribution is -2.36. The lowest BCUT2D eigenvalue weighted by molar-refractivity contribution is -0.122. The van der Waals surface area contributed by atoms with Crippen molar-refractivity contribution in [2.75, 3.05) is 41.0 Å². The number of nitrogens with one attached hydrogen (secondary N) is 1. The zero-order valence-corrected chi connectivity index (χ0v) is 14.0. The van der Waals surface area contributed by atoms with E-state index in [2.05, 4.69) is 29.6 Å². The quantitative estimate of drug-likeness (QED) is 0.757. The summed E-state index contributed by atoms with van der Waals surface area (Å²) in [5, 5.41) is 5.14. The molecule has 0 heterocycles. The van der Waals surface area contributed by atoms with Gasteiger partial charge in [-0.2, -0.15) is 0 Å². The van der Waals surface area contributed by atoms with Crippen LogP contribution in [0.2, 0.25) is 0 Å². The standard InChI is InChI=1S/C18H24N2O3/c1-20(13-18(21)19-8-9-22-2)12-14-4-5-16-11-17(23-3)7-6-15(16)10-14/h4-7,10-11H,8-9,12-13H2,1-3H3,(H,19,21). The van der Waals surface area contributed by atoms with E-state index in [0.717, 1.165) is 17.7 Å². The zero-order valence-electron chi connectivity index (χ0n) is 14.0. The zero-order chi connectivity index (χ0) is 16.7. The second-order valence-corrected chi connectivity index (χ2v) is 5.56. The molecule has 2 aromatic carbocycles. The van der Waals surface area contributed by atoms with Crippen LogP contribution in [0, 0.1) is 0 Å². The first-order valence-electron chi connectivity index (χ1n) is 7.63. The molecule has 5 heteroatoms. The third kappa shape index (κ3) is 5.23. The molecular weight excluding hydrogens is 292 g/mol. The van der Waals surface area contributed by atoms with Crippen molar-refractivity contribution in [3.05, 3.63) is 42.0 Å². The van der Waals surface area contributed by atoms with Crippen LogP contribution in [0.4, 0.5) is 0 Å². The lowest BCUT2D eigenvalue weighted by Gasteiger charge is -2.16. The Labute approximate surface area is 137 Å². The molecule has 0 aliphatic heterocycles. The van der Waals surface area contributed by atoms with Crippen molar-refractivity contribution in [3.63, 3.8) is 0 Å². The molecule has 0 aliphatic rings. The van der Waals surface area contributed by atoms with Crippen LogP contribution in [0.3, 0.4) is 0 Å². The van der Waals surface area contributed by atoms with Crippen molar-refractivity contribution in [3.8, 4) is 5.75 Å².